The number of benzene rings is 7. The lowest BCUT2D eigenvalue weighted by atomic mass is 10.0. The zero-order valence-electron chi connectivity index (χ0n) is 42.0. The van der Waals surface area contributed by atoms with Gasteiger partial charge in [0.05, 0.1) is 44.0 Å². The van der Waals surface area contributed by atoms with Gasteiger partial charge in [-0.15, -0.1) is 0 Å². The molecule has 0 N–H and O–H groups in total. The van der Waals surface area contributed by atoms with E-state index in [2.05, 4.69) is 0 Å². The molecule has 0 aliphatic carbocycles. The molecule has 238 valence electrons. The molecule has 6 nitrogen and oxygen atoms in total. The molecule has 0 amide bonds. The van der Waals surface area contributed by atoms with E-state index in [1.165, 1.54) is 0 Å². The lowest BCUT2D eigenvalue weighted by molar-refractivity contribution is 0.670. The molecule has 0 atom stereocenters. The van der Waals surface area contributed by atoms with Crippen LogP contribution in [0, 0.1) is 0 Å². The summed E-state index contributed by atoms with van der Waals surface area (Å²) < 4.78 is 150. The summed E-state index contributed by atoms with van der Waals surface area (Å²) in [5.74, 6) is -1.11. The van der Waals surface area contributed by atoms with Crippen LogP contribution in [0.2, 0.25) is 0 Å². The fraction of sp³-hybridized carbons (Fsp3) is 0. The van der Waals surface area contributed by atoms with Crippen LogP contribution >= 0.6 is 0 Å². The van der Waals surface area contributed by atoms with Gasteiger partial charge in [0.25, 0.3) is 0 Å². The van der Waals surface area contributed by atoms with Crippen LogP contribution in [0.1, 0.15) is 21.9 Å². The zero-order valence-corrected chi connectivity index (χ0v) is 26.0. The van der Waals surface area contributed by atoms with Crippen molar-refractivity contribution in [2.75, 3.05) is 0 Å². The van der Waals surface area contributed by atoms with Crippen molar-refractivity contribution >= 4 is 65.6 Å². The SMILES string of the molecule is [2H]c1c([2H])c([2H])c2c(c1[2H])c1c([2H])c([2H])c([2H])c([2H])c1n2-c1nc(-c2cccc(-c3cccc4c3oc3ccccc34)c2)nc(-n2c3c([2H])c([2H])c([2H])c([2H])c3c3c([2H])c([2H])c([2H])c([2H])c32)n1. The summed E-state index contributed by atoms with van der Waals surface area (Å²) in [5, 5.41) is 0.681. The van der Waals surface area contributed by atoms with E-state index in [-0.39, 0.29) is 49.4 Å². The fourth-order valence-electron chi connectivity index (χ4n) is 6.72. The lowest BCUT2D eigenvalue weighted by Crippen LogP contribution is -2.10. The van der Waals surface area contributed by atoms with Crippen molar-refractivity contribution in [1.82, 2.24) is 24.1 Å². The molecule has 11 rings (SSSR count). The third-order valence-electron chi connectivity index (χ3n) is 8.91. The number of aromatic nitrogens is 5. The van der Waals surface area contributed by atoms with E-state index < -0.39 is 109 Å². The Hall–Kier alpha value is -7.05. The summed E-state index contributed by atoms with van der Waals surface area (Å²) >= 11 is 0. The Balaban J connectivity index is 1.32. The number of nitrogens with zero attached hydrogens (tertiary/aromatic N) is 5. The van der Waals surface area contributed by atoms with Crippen LogP contribution in [0.3, 0.4) is 0 Å². The summed E-state index contributed by atoms with van der Waals surface area (Å²) in [6, 6.07) is 9.66. The predicted octanol–water partition coefficient (Wildman–Crippen LogP) is 11.3. The van der Waals surface area contributed by atoms with E-state index in [1.807, 2.05) is 48.5 Å². The third-order valence-corrected chi connectivity index (χ3v) is 8.91. The van der Waals surface area contributed by atoms with E-state index in [9.17, 15) is 0 Å². The molecule has 0 fully saturated rings. The predicted molar refractivity (Wildman–Crippen MR) is 207 cm³/mol. The van der Waals surface area contributed by atoms with Crippen LogP contribution < -0.4 is 0 Å². The molecule has 0 bridgehead atoms. The molecule has 7 aromatic carbocycles. The van der Waals surface area contributed by atoms with E-state index in [4.69, 9.17) is 41.3 Å². The van der Waals surface area contributed by atoms with Crippen molar-refractivity contribution in [1.29, 1.82) is 0 Å². The molecule has 0 saturated heterocycles. The molecule has 0 aliphatic heterocycles. The first-order valence-corrected chi connectivity index (χ1v) is 15.7. The van der Waals surface area contributed by atoms with E-state index >= 15 is 0 Å². The minimum Gasteiger partial charge on any atom is -0.455 e. The molecular weight excluding hydrogens is 627 g/mol. The lowest BCUT2D eigenvalue weighted by Gasteiger charge is -2.13. The van der Waals surface area contributed by atoms with E-state index in [0.717, 1.165) is 19.9 Å². The molecule has 0 saturated carbocycles. The molecule has 0 aliphatic rings. The van der Waals surface area contributed by atoms with Gasteiger partial charge < -0.3 is 4.42 Å². The zero-order chi connectivity index (χ0) is 47.4. The second-order valence-electron chi connectivity index (χ2n) is 11.7. The third kappa shape index (κ3) is 4.14. The second kappa shape index (κ2) is 10.7. The van der Waals surface area contributed by atoms with E-state index in [0.29, 0.717) is 27.9 Å². The average Bonchev–Trinajstić information content (AvgIpc) is 4.03. The van der Waals surface area contributed by atoms with Crippen LogP contribution in [-0.4, -0.2) is 24.1 Å². The summed E-state index contributed by atoms with van der Waals surface area (Å²) in [5.41, 5.74) is 1.56. The second-order valence-corrected chi connectivity index (χ2v) is 11.7. The van der Waals surface area contributed by atoms with Gasteiger partial charge in [-0.1, -0.05) is 127 Å². The maximum absolute atomic E-state index is 9.16. The highest BCUT2D eigenvalue weighted by molar-refractivity contribution is 6.11. The number of furan rings is 1. The number of rotatable bonds is 4. The molecule has 4 aromatic heterocycles. The van der Waals surface area contributed by atoms with Gasteiger partial charge in [0.2, 0.25) is 11.9 Å². The van der Waals surface area contributed by atoms with Crippen molar-refractivity contribution < 1.29 is 26.3 Å². The molecule has 6 heteroatoms. The van der Waals surface area contributed by atoms with Crippen LogP contribution in [-0.2, 0) is 0 Å². The Kier molecular flexibility index (Phi) is 3.48. The minimum absolute atomic E-state index is 0.160. The molecule has 0 spiro atoms. The van der Waals surface area contributed by atoms with Crippen molar-refractivity contribution in [3.8, 4) is 34.4 Å². The van der Waals surface area contributed by atoms with Crippen LogP contribution in [0.15, 0.2) is 168 Å². The Morgan fingerprint density at radius 1 is 0.451 bits per heavy atom. The summed E-state index contributed by atoms with van der Waals surface area (Å²) in [6.45, 7) is 0. The number of para-hydroxylation sites is 6. The number of fused-ring (bicyclic) bond motifs is 9. The molecule has 51 heavy (non-hydrogen) atoms. The van der Waals surface area contributed by atoms with Crippen LogP contribution in [0.5, 0.6) is 0 Å². The molecule has 0 radical (unpaired) electrons. The Morgan fingerprint density at radius 2 is 0.941 bits per heavy atom. The van der Waals surface area contributed by atoms with Gasteiger partial charge in [-0.2, -0.15) is 15.0 Å². The van der Waals surface area contributed by atoms with Crippen molar-refractivity contribution in [3.05, 3.63) is 163 Å². The average molecular weight is 670 g/mol. The maximum atomic E-state index is 9.16. The van der Waals surface area contributed by atoms with Crippen LogP contribution in [0.4, 0.5) is 0 Å². The largest absolute Gasteiger partial charge is 0.455 e. The summed E-state index contributed by atoms with van der Waals surface area (Å²) in [6.07, 6.45) is 0. The van der Waals surface area contributed by atoms with E-state index in [1.54, 1.807) is 18.2 Å². The van der Waals surface area contributed by atoms with Crippen LogP contribution in [0.25, 0.3) is 100.0 Å². The monoisotopic (exact) mass is 669 g/mol. The first-order chi connectivity index (χ1) is 31.9. The van der Waals surface area contributed by atoms with Crippen molar-refractivity contribution in [2.45, 2.75) is 0 Å². The first kappa shape index (κ1) is 16.6. The topological polar surface area (TPSA) is 61.7 Å². The molecular formula is C45H27N5O. The standard InChI is InChI=1S/C45H27N5O/c1-6-22-37-31(15-1)32-16-2-7-23-38(32)49(37)44-46-43(47-45(48-44)50-39-24-8-3-17-33(39)34-18-4-9-25-40(34)50)29-14-11-13-28(27-29)30-20-12-21-36-35-19-5-10-26-41(35)51-42(30)36/h1-27H/i1D,2D,3D,4D,6D,7D,8D,9D,15D,16D,17D,18D,22D,23D,24D,25D. The minimum atomic E-state index is -0.701. The van der Waals surface area contributed by atoms with Gasteiger partial charge in [-0.05, 0) is 41.9 Å². The normalized spacial score (nSPS) is 16.3. The maximum Gasteiger partial charge on any atom is 0.240 e. The van der Waals surface area contributed by atoms with Gasteiger partial charge in [0.1, 0.15) is 11.2 Å². The Morgan fingerprint density at radius 3 is 1.53 bits per heavy atom. The van der Waals surface area contributed by atoms with Gasteiger partial charge >= 0.3 is 0 Å². The first-order valence-electron chi connectivity index (χ1n) is 23.7. The highest BCUT2D eigenvalue weighted by Crippen LogP contribution is 2.38. The smallest absolute Gasteiger partial charge is 0.240 e. The van der Waals surface area contributed by atoms with Crippen molar-refractivity contribution in [2.24, 2.45) is 0 Å². The van der Waals surface area contributed by atoms with Gasteiger partial charge in [0, 0.05) is 43.4 Å². The van der Waals surface area contributed by atoms with Crippen molar-refractivity contribution in [3.63, 3.8) is 0 Å². The molecule has 0 unspecified atom stereocenters. The van der Waals surface area contributed by atoms with Gasteiger partial charge in [-0.3, -0.25) is 9.13 Å². The van der Waals surface area contributed by atoms with Gasteiger partial charge in [0.15, 0.2) is 5.82 Å². The number of hydrogen-bond donors (Lipinski definition) is 0. The quantitative estimate of drug-likeness (QED) is 0.187. The number of hydrogen-bond acceptors (Lipinski definition) is 4. The highest BCUT2D eigenvalue weighted by Gasteiger charge is 2.21. The summed E-state index contributed by atoms with van der Waals surface area (Å²) in [7, 11) is 0. The highest BCUT2D eigenvalue weighted by atomic mass is 16.3. The summed E-state index contributed by atoms with van der Waals surface area (Å²) in [4.78, 5) is 14.4. The molecule has 11 aromatic rings. The molecule has 4 heterocycles. The Labute approximate surface area is 314 Å². The fourth-order valence-corrected chi connectivity index (χ4v) is 6.72. The van der Waals surface area contributed by atoms with Gasteiger partial charge in [-0.25, -0.2) is 0 Å². The Bertz CT molecular complexity index is 3750.